The number of hydrogen-bond acceptors (Lipinski definition) is 7. The molecule has 1 aliphatic heterocycles. The Kier molecular flexibility index (Phi) is 3.85. The molecule has 26 heavy (non-hydrogen) atoms. The predicted molar refractivity (Wildman–Crippen MR) is 94.0 cm³/mol. The third-order valence-electron chi connectivity index (χ3n) is 5.20. The average Bonchev–Trinajstić information content (AvgIpc) is 3.47. The lowest BCUT2D eigenvalue weighted by atomic mass is 9.96. The average molecular weight is 370 g/mol. The molecule has 0 aromatic carbocycles. The number of thiophene rings is 1. The van der Waals surface area contributed by atoms with Gasteiger partial charge >= 0.3 is 0 Å². The number of aryl methyl sites for hydroxylation is 1. The zero-order valence-electron chi connectivity index (χ0n) is 14.2. The Morgan fingerprint density at radius 3 is 3.04 bits per heavy atom. The molecule has 1 aliphatic carbocycles. The summed E-state index contributed by atoms with van der Waals surface area (Å²) in [6.07, 6.45) is 4.78. The van der Waals surface area contributed by atoms with Crippen LogP contribution < -0.4 is 0 Å². The molecule has 0 radical (unpaired) electrons. The number of aromatic nitrogens is 3. The van der Waals surface area contributed by atoms with Crippen molar-refractivity contribution in [2.45, 2.75) is 38.0 Å². The summed E-state index contributed by atoms with van der Waals surface area (Å²) < 4.78 is 10.8. The Labute approximate surface area is 154 Å². The first-order valence-corrected chi connectivity index (χ1v) is 9.87. The van der Waals surface area contributed by atoms with E-state index in [1.807, 2.05) is 21.7 Å². The normalized spacial score (nSPS) is 19.7. The summed E-state index contributed by atoms with van der Waals surface area (Å²) >= 11 is 1.59. The summed E-state index contributed by atoms with van der Waals surface area (Å²) in [5.41, 5.74) is 2.44. The molecule has 3 aromatic heterocycles. The first kappa shape index (κ1) is 15.7. The number of nitrogens with zero attached hydrogens (tertiary/aromatic N) is 4. The van der Waals surface area contributed by atoms with Gasteiger partial charge in [-0.1, -0.05) is 10.3 Å². The van der Waals surface area contributed by atoms with Crippen molar-refractivity contribution in [2.24, 2.45) is 0 Å². The molecule has 0 spiro atoms. The third-order valence-corrected chi connectivity index (χ3v) is 5.89. The van der Waals surface area contributed by atoms with Gasteiger partial charge in [0.2, 0.25) is 0 Å². The lowest BCUT2D eigenvalue weighted by Crippen LogP contribution is -2.29. The van der Waals surface area contributed by atoms with Crippen LogP contribution in [0.1, 0.15) is 52.8 Å². The number of amides is 1. The van der Waals surface area contributed by atoms with Crippen LogP contribution in [0.25, 0.3) is 11.5 Å². The van der Waals surface area contributed by atoms with Crippen LogP contribution in [0.5, 0.6) is 0 Å². The summed E-state index contributed by atoms with van der Waals surface area (Å²) in [7, 11) is 0. The number of likely N-dealkylation sites (tertiary alicyclic amines) is 1. The second kappa shape index (κ2) is 6.35. The van der Waals surface area contributed by atoms with Gasteiger partial charge in [0.05, 0.1) is 5.56 Å². The highest BCUT2D eigenvalue weighted by molar-refractivity contribution is 7.08. The first-order chi connectivity index (χ1) is 12.8. The van der Waals surface area contributed by atoms with E-state index >= 15 is 0 Å². The van der Waals surface area contributed by atoms with Gasteiger partial charge in [0, 0.05) is 36.4 Å². The molecule has 1 atom stereocenters. The van der Waals surface area contributed by atoms with Gasteiger partial charge in [-0.25, -0.2) is 0 Å². The predicted octanol–water partition coefficient (Wildman–Crippen LogP) is 3.29. The van der Waals surface area contributed by atoms with Crippen molar-refractivity contribution in [3.8, 4) is 11.5 Å². The fourth-order valence-electron chi connectivity index (χ4n) is 3.76. The minimum absolute atomic E-state index is 0.0408. The summed E-state index contributed by atoms with van der Waals surface area (Å²) in [4.78, 5) is 19.2. The number of carbonyl (C=O) groups is 1. The third kappa shape index (κ3) is 2.65. The maximum Gasteiger partial charge on any atom is 0.276 e. The Hall–Kier alpha value is -2.48. The molecular formula is C18H18N4O3S. The number of hydrogen-bond donors (Lipinski definition) is 0. The van der Waals surface area contributed by atoms with Gasteiger partial charge in [0.25, 0.3) is 11.8 Å². The van der Waals surface area contributed by atoms with Crippen molar-refractivity contribution in [3.05, 3.63) is 39.7 Å². The van der Waals surface area contributed by atoms with Crippen LogP contribution in [0.4, 0.5) is 0 Å². The molecule has 0 N–H and O–H groups in total. The fourth-order valence-corrected chi connectivity index (χ4v) is 4.39. The van der Waals surface area contributed by atoms with Gasteiger partial charge in [-0.05, 0) is 37.1 Å². The van der Waals surface area contributed by atoms with E-state index in [1.54, 1.807) is 11.3 Å². The molecule has 0 bridgehead atoms. The van der Waals surface area contributed by atoms with E-state index in [0.717, 1.165) is 49.0 Å². The Bertz CT molecular complexity index is 930. The number of fused-ring (bicyclic) bond motifs is 1. The van der Waals surface area contributed by atoms with E-state index < -0.39 is 0 Å². The molecule has 1 amide bonds. The minimum atomic E-state index is -0.0408. The summed E-state index contributed by atoms with van der Waals surface area (Å²) in [5.74, 6) is 2.15. The van der Waals surface area contributed by atoms with Crippen molar-refractivity contribution in [1.29, 1.82) is 0 Å². The Morgan fingerprint density at radius 1 is 1.23 bits per heavy atom. The van der Waals surface area contributed by atoms with Crippen molar-refractivity contribution in [1.82, 2.24) is 20.2 Å². The molecule has 1 saturated heterocycles. The number of rotatable bonds is 3. The highest BCUT2D eigenvalue weighted by Crippen LogP contribution is 2.30. The maximum absolute atomic E-state index is 12.9. The van der Waals surface area contributed by atoms with Crippen LogP contribution in [0.2, 0.25) is 0 Å². The quantitative estimate of drug-likeness (QED) is 0.703. The maximum atomic E-state index is 12.9. The highest BCUT2D eigenvalue weighted by atomic mass is 32.1. The SMILES string of the molecule is O=C(c1noc2c1CCCC2)N1CCC(c2noc(-c3ccsc3)n2)C1. The van der Waals surface area contributed by atoms with Gasteiger partial charge in [-0.15, -0.1) is 0 Å². The van der Waals surface area contributed by atoms with Crippen molar-refractivity contribution >= 4 is 17.2 Å². The molecule has 1 fully saturated rings. The molecular weight excluding hydrogens is 352 g/mol. The summed E-state index contributed by atoms with van der Waals surface area (Å²) in [6, 6.07) is 1.96. The molecule has 5 rings (SSSR count). The first-order valence-electron chi connectivity index (χ1n) is 8.92. The Morgan fingerprint density at radius 2 is 2.15 bits per heavy atom. The lowest BCUT2D eigenvalue weighted by molar-refractivity contribution is 0.0779. The van der Waals surface area contributed by atoms with E-state index in [2.05, 4.69) is 15.3 Å². The lowest BCUT2D eigenvalue weighted by Gasteiger charge is -2.16. The molecule has 7 nitrogen and oxygen atoms in total. The monoisotopic (exact) mass is 370 g/mol. The molecule has 3 aromatic rings. The smallest absolute Gasteiger partial charge is 0.276 e. The zero-order valence-corrected chi connectivity index (χ0v) is 15.0. The van der Waals surface area contributed by atoms with Crippen molar-refractivity contribution in [3.63, 3.8) is 0 Å². The highest BCUT2D eigenvalue weighted by Gasteiger charge is 2.34. The van der Waals surface area contributed by atoms with Gasteiger partial charge in [-0.3, -0.25) is 4.79 Å². The van der Waals surface area contributed by atoms with Gasteiger partial charge in [0.15, 0.2) is 11.5 Å². The van der Waals surface area contributed by atoms with E-state index in [1.165, 1.54) is 0 Å². The van der Waals surface area contributed by atoms with E-state index in [0.29, 0.717) is 30.5 Å². The van der Waals surface area contributed by atoms with Crippen LogP contribution in [-0.2, 0) is 12.8 Å². The molecule has 1 unspecified atom stereocenters. The van der Waals surface area contributed by atoms with Crippen LogP contribution in [0.3, 0.4) is 0 Å². The molecule has 0 saturated carbocycles. The van der Waals surface area contributed by atoms with Crippen LogP contribution >= 0.6 is 11.3 Å². The standard InChI is InChI=1S/C18H18N4O3S/c23-18(15-13-3-1-2-4-14(13)24-20-15)22-7-5-11(9-22)16-19-17(25-21-16)12-6-8-26-10-12/h6,8,10-11H,1-5,7,9H2. The Balaban J connectivity index is 1.31. The topological polar surface area (TPSA) is 85.3 Å². The molecule has 2 aliphatic rings. The summed E-state index contributed by atoms with van der Waals surface area (Å²) in [6.45, 7) is 1.26. The number of carbonyl (C=O) groups excluding carboxylic acids is 1. The van der Waals surface area contributed by atoms with Gasteiger partial charge in [0.1, 0.15) is 5.76 Å². The molecule has 8 heteroatoms. The van der Waals surface area contributed by atoms with Crippen molar-refractivity contribution < 1.29 is 13.8 Å². The molecule has 134 valence electrons. The van der Waals surface area contributed by atoms with E-state index in [4.69, 9.17) is 9.05 Å². The second-order valence-corrected chi connectivity index (χ2v) is 7.63. The fraction of sp³-hybridized carbons (Fsp3) is 0.444. The van der Waals surface area contributed by atoms with Gasteiger partial charge < -0.3 is 13.9 Å². The van der Waals surface area contributed by atoms with E-state index in [-0.39, 0.29) is 11.8 Å². The second-order valence-electron chi connectivity index (χ2n) is 6.85. The van der Waals surface area contributed by atoms with Gasteiger partial charge in [-0.2, -0.15) is 16.3 Å². The largest absolute Gasteiger partial charge is 0.360 e. The van der Waals surface area contributed by atoms with E-state index in [9.17, 15) is 4.79 Å². The molecule has 4 heterocycles. The zero-order chi connectivity index (χ0) is 17.5. The van der Waals surface area contributed by atoms with Crippen LogP contribution in [-0.4, -0.2) is 39.2 Å². The van der Waals surface area contributed by atoms with Crippen molar-refractivity contribution in [2.75, 3.05) is 13.1 Å². The van der Waals surface area contributed by atoms with Crippen LogP contribution in [0.15, 0.2) is 25.9 Å². The van der Waals surface area contributed by atoms with Crippen LogP contribution in [0, 0.1) is 0 Å². The summed E-state index contributed by atoms with van der Waals surface area (Å²) in [5, 5.41) is 12.2. The minimum Gasteiger partial charge on any atom is -0.360 e.